The highest BCUT2D eigenvalue weighted by Crippen LogP contribution is 2.18. The molecule has 0 N–H and O–H groups in total. The van der Waals surface area contributed by atoms with E-state index in [0.717, 1.165) is 20.3 Å². The van der Waals surface area contributed by atoms with Crippen LogP contribution in [-0.4, -0.2) is 0 Å². The largest absolute Gasteiger partial charge is 0.618 e. The monoisotopic (exact) mass is 307 g/mol. The van der Waals surface area contributed by atoms with E-state index in [1.165, 1.54) is 6.20 Å². The van der Waals surface area contributed by atoms with Crippen LogP contribution < -0.4 is 9.47 Å². The van der Waals surface area contributed by atoms with Crippen molar-refractivity contribution >= 4 is 15.9 Å². The first-order valence-electron chi connectivity index (χ1n) is 5.64. The molecule has 0 atom stereocenters. The van der Waals surface area contributed by atoms with Crippen molar-refractivity contribution in [2.24, 2.45) is 0 Å². The van der Waals surface area contributed by atoms with E-state index in [4.69, 9.17) is 4.74 Å². The first-order chi connectivity index (χ1) is 8.56. The Morgan fingerprint density at radius 3 is 2.67 bits per heavy atom. The molecule has 2 rings (SSSR count). The van der Waals surface area contributed by atoms with Gasteiger partial charge in [-0.05, 0) is 36.2 Å². The summed E-state index contributed by atoms with van der Waals surface area (Å²) < 4.78 is 7.47. The Balaban J connectivity index is 2.09. The van der Waals surface area contributed by atoms with Crippen molar-refractivity contribution in [2.45, 2.75) is 20.5 Å². The molecular formula is C14H14BrNO2. The zero-order chi connectivity index (χ0) is 13.1. The van der Waals surface area contributed by atoms with Crippen LogP contribution >= 0.6 is 15.9 Å². The maximum absolute atomic E-state index is 11.4. The van der Waals surface area contributed by atoms with E-state index in [1.807, 2.05) is 25.1 Å². The van der Waals surface area contributed by atoms with Crippen LogP contribution in [0.25, 0.3) is 0 Å². The minimum atomic E-state index is 0.460. The van der Waals surface area contributed by atoms with E-state index >= 15 is 0 Å². The summed E-state index contributed by atoms with van der Waals surface area (Å²) in [5, 5.41) is 11.4. The van der Waals surface area contributed by atoms with E-state index in [9.17, 15) is 5.21 Å². The van der Waals surface area contributed by atoms with Gasteiger partial charge in [0.2, 0.25) is 6.20 Å². The molecule has 0 aliphatic rings. The van der Waals surface area contributed by atoms with Crippen molar-refractivity contribution in [3.63, 3.8) is 0 Å². The summed E-state index contributed by atoms with van der Waals surface area (Å²) in [6, 6.07) is 9.59. The average molecular weight is 308 g/mol. The van der Waals surface area contributed by atoms with Gasteiger partial charge in [0.1, 0.15) is 6.61 Å². The van der Waals surface area contributed by atoms with Crippen molar-refractivity contribution in [3.05, 3.63) is 63.0 Å². The number of aromatic nitrogens is 1. The Kier molecular flexibility index (Phi) is 3.87. The van der Waals surface area contributed by atoms with Crippen molar-refractivity contribution in [1.82, 2.24) is 0 Å². The Morgan fingerprint density at radius 1 is 1.22 bits per heavy atom. The minimum Gasteiger partial charge on any atom is -0.618 e. The number of aryl methyl sites for hydroxylation is 2. The lowest BCUT2D eigenvalue weighted by Crippen LogP contribution is -2.29. The third kappa shape index (κ3) is 3.01. The summed E-state index contributed by atoms with van der Waals surface area (Å²) in [6.07, 6.45) is 1.45. The highest BCUT2D eigenvalue weighted by Gasteiger charge is 2.04. The van der Waals surface area contributed by atoms with E-state index < -0.39 is 0 Å². The van der Waals surface area contributed by atoms with Gasteiger partial charge < -0.3 is 9.94 Å². The summed E-state index contributed by atoms with van der Waals surface area (Å²) in [5.41, 5.74) is 2.92. The first-order valence-corrected chi connectivity index (χ1v) is 6.43. The second-order valence-electron chi connectivity index (χ2n) is 4.19. The standard InChI is InChI=1S/C14H14BrNO2/c1-10-7-13(15)5-4-12(10)9-18-14-6-3-11(2)16(17)8-14/h3-8H,9H2,1-2H3. The molecule has 0 amide bonds. The molecule has 0 aliphatic carbocycles. The lowest BCUT2D eigenvalue weighted by Gasteiger charge is -2.09. The van der Waals surface area contributed by atoms with Gasteiger partial charge in [-0.1, -0.05) is 22.0 Å². The number of nitrogens with zero attached hydrogens (tertiary/aromatic N) is 1. The molecule has 1 aromatic heterocycles. The van der Waals surface area contributed by atoms with Crippen LogP contribution in [0, 0.1) is 19.1 Å². The van der Waals surface area contributed by atoms with Crippen molar-refractivity contribution in [1.29, 1.82) is 0 Å². The van der Waals surface area contributed by atoms with Gasteiger partial charge in [0.05, 0.1) is 0 Å². The van der Waals surface area contributed by atoms with E-state index in [2.05, 4.69) is 15.9 Å². The molecule has 0 bridgehead atoms. The molecule has 4 heteroatoms. The van der Waals surface area contributed by atoms with Gasteiger partial charge >= 0.3 is 0 Å². The predicted molar refractivity (Wildman–Crippen MR) is 73.4 cm³/mol. The normalized spacial score (nSPS) is 10.4. The molecule has 0 saturated carbocycles. The minimum absolute atomic E-state index is 0.460. The molecule has 2 aromatic rings. The molecule has 0 aliphatic heterocycles. The van der Waals surface area contributed by atoms with Crippen LogP contribution in [0.3, 0.4) is 0 Å². The Bertz CT molecular complexity index is 570. The lowest BCUT2D eigenvalue weighted by molar-refractivity contribution is -0.612. The second-order valence-corrected chi connectivity index (χ2v) is 5.11. The molecule has 0 spiro atoms. The first kappa shape index (κ1) is 12.9. The number of pyridine rings is 1. The zero-order valence-corrected chi connectivity index (χ0v) is 11.9. The number of hydrogen-bond acceptors (Lipinski definition) is 2. The molecule has 0 unspecified atom stereocenters. The summed E-state index contributed by atoms with van der Waals surface area (Å²) >= 11 is 3.42. The number of ether oxygens (including phenoxy) is 1. The average Bonchev–Trinajstić information content (AvgIpc) is 2.32. The highest BCUT2D eigenvalue weighted by atomic mass is 79.9. The quantitative estimate of drug-likeness (QED) is 0.644. The maximum atomic E-state index is 11.4. The number of halogens is 1. The Morgan fingerprint density at radius 2 is 2.00 bits per heavy atom. The second kappa shape index (κ2) is 5.40. The van der Waals surface area contributed by atoms with Gasteiger partial charge in [0.15, 0.2) is 11.4 Å². The predicted octanol–water partition coefficient (Wildman–Crippen LogP) is 3.28. The molecular weight excluding hydrogens is 294 g/mol. The molecule has 18 heavy (non-hydrogen) atoms. The van der Waals surface area contributed by atoms with Gasteiger partial charge in [-0.25, -0.2) is 0 Å². The molecule has 0 saturated heterocycles. The molecule has 0 fully saturated rings. The molecule has 1 heterocycles. The number of rotatable bonds is 3. The van der Waals surface area contributed by atoms with Gasteiger partial charge in [-0.2, -0.15) is 4.73 Å². The maximum Gasteiger partial charge on any atom is 0.222 e. The fraction of sp³-hybridized carbons (Fsp3) is 0.214. The third-order valence-electron chi connectivity index (χ3n) is 2.78. The molecule has 0 radical (unpaired) electrons. The van der Waals surface area contributed by atoms with E-state index in [-0.39, 0.29) is 0 Å². The summed E-state index contributed by atoms with van der Waals surface area (Å²) in [7, 11) is 0. The SMILES string of the molecule is Cc1cc(Br)ccc1COc1ccc(C)[n+]([O-])c1. The topological polar surface area (TPSA) is 36.2 Å². The molecule has 1 aromatic carbocycles. The fourth-order valence-electron chi connectivity index (χ4n) is 1.60. The van der Waals surface area contributed by atoms with E-state index in [1.54, 1.807) is 19.1 Å². The van der Waals surface area contributed by atoms with Crippen molar-refractivity contribution in [2.75, 3.05) is 0 Å². The van der Waals surface area contributed by atoms with Crippen LogP contribution in [0.2, 0.25) is 0 Å². The summed E-state index contributed by atoms with van der Waals surface area (Å²) in [6.45, 7) is 4.25. The van der Waals surface area contributed by atoms with Crippen LogP contribution in [0.1, 0.15) is 16.8 Å². The third-order valence-corrected chi connectivity index (χ3v) is 3.27. The van der Waals surface area contributed by atoms with Crippen LogP contribution in [0.15, 0.2) is 41.0 Å². The molecule has 3 nitrogen and oxygen atoms in total. The summed E-state index contributed by atoms with van der Waals surface area (Å²) in [4.78, 5) is 0. The number of hydrogen-bond donors (Lipinski definition) is 0. The summed E-state index contributed by atoms with van der Waals surface area (Å²) in [5.74, 6) is 0.581. The smallest absolute Gasteiger partial charge is 0.222 e. The fourth-order valence-corrected chi connectivity index (χ4v) is 2.08. The zero-order valence-electron chi connectivity index (χ0n) is 10.3. The van der Waals surface area contributed by atoms with Gasteiger partial charge in [0, 0.05) is 17.5 Å². The Hall–Kier alpha value is -1.55. The highest BCUT2D eigenvalue weighted by molar-refractivity contribution is 9.10. The Labute approximate surface area is 115 Å². The number of benzene rings is 1. The van der Waals surface area contributed by atoms with Gasteiger partial charge in [-0.3, -0.25) is 0 Å². The van der Waals surface area contributed by atoms with Gasteiger partial charge in [-0.15, -0.1) is 0 Å². The van der Waals surface area contributed by atoms with Crippen LogP contribution in [0.4, 0.5) is 0 Å². The van der Waals surface area contributed by atoms with Crippen LogP contribution in [0.5, 0.6) is 5.75 Å². The van der Waals surface area contributed by atoms with Gasteiger partial charge in [0.25, 0.3) is 0 Å². The van der Waals surface area contributed by atoms with Crippen molar-refractivity contribution in [3.8, 4) is 5.75 Å². The van der Waals surface area contributed by atoms with Crippen molar-refractivity contribution < 1.29 is 9.47 Å². The van der Waals surface area contributed by atoms with E-state index in [0.29, 0.717) is 18.1 Å². The molecule has 94 valence electrons. The lowest BCUT2D eigenvalue weighted by atomic mass is 10.1. The van der Waals surface area contributed by atoms with Crippen LogP contribution in [-0.2, 0) is 6.61 Å².